The first-order valence-corrected chi connectivity index (χ1v) is 36.0. The number of aromatic hydroxyl groups is 1. The topological polar surface area (TPSA) is 554 Å². The SMILES string of the molecule is CC(=O)N[C@H]1[C@H](OCCn2cc(C[C@H]3NC(=O)[C@H](Cc4ccccc4)NC(=O)[C@@H]4CCCN4C(=O)[C@@H](Cc4ccccc4)NC(=O)[C@H](CC(C)C)NC(=O)[C@H](CCCN)NC(=O)[C@H](C(C)C)NC(=O)[C@H](Cc4ccc(O)cc4)NC(=O)[C@H](CCC(N)=O)NC(=O)[C@H](CC(N)=O)NC3=O)nn2)O[C@H](CO)[C@@H](O)[C@@H]1O. The minimum atomic E-state index is -2.00. The highest BCUT2D eigenvalue weighted by atomic mass is 16.7. The Morgan fingerprint density at radius 2 is 1.11 bits per heavy atom. The molecule has 0 aliphatic carbocycles. The molecule has 108 heavy (non-hydrogen) atoms. The number of aliphatic hydroxyl groups excluding tert-OH is 3. The Bertz CT molecular complexity index is 3760. The second kappa shape index (κ2) is 41.0. The largest absolute Gasteiger partial charge is 0.508 e. The Kier molecular flexibility index (Phi) is 32.2. The molecule has 36 nitrogen and oxygen atoms in total. The Labute approximate surface area is 623 Å². The van der Waals surface area contributed by atoms with Crippen molar-refractivity contribution in [3.05, 3.63) is 114 Å². The van der Waals surface area contributed by atoms with Gasteiger partial charge in [0.05, 0.1) is 31.9 Å². The van der Waals surface area contributed by atoms with Gasteiger partial charge in [0, 0.05) is 51.8 Å². The number of carbonyl (C=O) groups is 13. The molecule has 588 valence electrons. The number of carbonyl (C=O) groups excluding carboxylic acids is 13. The molecule has 3 fully saturated rings. The molecule has 3 aliphatic heterocycles. The molecule has 0 saturated carbocycles. The number of fused-ring (bicyclic) bond motifs is 1. The zero-order valence-electron chi connectivity index (χ0n) is 60.9. The van der Waals surface area contributed by atoms with E-state index in [-0.39, 0.29) is 95.0 Å². The first-order valence-electron chi connectivity index (χ1n) is 36.0. The summed E-state index contributed by atoms with van der Waals surface area (Å²) in [6.45, 7) is 6.86. The Hall–Kier alpha value is -10.5. The van der Waals surface area contributed by atoms with Gasteiger partial charge in [-0.3, -0.25) is 62.3 Å². The summed E-state index contributed by atoms with van der Waals surface area (Å²) in [6, 6.07) is 5.57. The number of nitrogens with two attached hydrogens (primary N) is 3. The van der Waals surface area contributed by atoms with Crippen LogP contribution in [0.3, 0.4) is 0 Å². The highest BCUT2D eigenvalue weighted by molar-refractivity contribution is 6.01. The van der Waals surface area contributed by atoms with Crippen LogP contribution in [0.2, 0.25) is 0 Å². The van der Waals surface area contributed by atoms with Crippen LogP contribution in [0, 0.1) is 11.8 Å². The second-order valence-corrected chi connectivity index (χ2v) is 27.9. The summed E-state index contributed by atoms with van der Waals surface area (Å²) in [7, 11) is 0. The second-order valence-electron chi connectivity index (χ2n) is 27.9. The normalized spacial score (nSPS) is 26.4. The number of phenolic OH excluding ortho intramolecular Hbond substituents is 1. The van der Waals surface area contributed by atoms with Gasteiger partial charge >= 0.3 is 0 Å². The summed E-state index contributed by atoms with van der Waals surface area (Å²) in [6.07, 6.45) is -7.48. The van der Waals surface area contributed by atoms with Gasteiger partial charge in [0.25, 0.3) is 0 Å². The number of phenols is 1. The fourth-order valence-corrected chi connectivity index (χ4v) is 12.7. The molecule has 4 aromatic rings. The van der Waals surface area contributed by atoms with E-state index in [9.17, 15) is 63.6 Å². The molecule has 0 bridgehead atoms. The van der Waals surface area contributed by atoms with Crippen molar-refractivity contribution >= 4 is 76.8 Å². The molecule has 13 amide bonds. The number of nitrogens with one attached hydrogen (secondary N) is 10. The van der Waals surface area contributed by atoms with Crippen molar-refractivity contribution in [1.82, 2.24) is 73.1 Å². The Balaban J connectivity index is 1.31. The molecule has 3 aliphatic rings. The molecule has 0 spiro atoms. The van der Waals surface area contributed by atoms with Gasteiger partial charge in [0.2, 0.25) is 76.8 Å². The Morgan fingerprint density at radius 1 is 0.611 bits per heavy atom. The fourth-order valence-electron chi connectivity index (χ4n) is 12.7. The zero-order chi connectivity index (χ0) is 78.9. The summed E-state index contributed by atoms with van der Waals surface area (Å²) in [5.41, 5.74) is 18.7. The van der Waals surface area contributed by atoms with Crippen molar-refractivity contribution in [2.24, 2.45) is 29.0 Å². The molecule has 3 saturated heterocycles. The van der Waals surface area contributed by atoms with Gasteiger partial charge in [0.15, 0.2) is 6.29 Å². The fraction of sp³-hybridized carbons (Fsp3) is 0.542. The minimum Gasteiger partial charge on any atom is -0.508 e. The van der Waals surface area contributed by atoms with Gasteiger partial charge in [-0.25, -0.2) is 4.68 Å². The highest BCUT2D eigenvalue weighted by Crippen LogP contribution is 2.25. The molecule has 15 atom stereocenters. The number of primary amides is 2. The van der Waals surface area contributed by atoms with Crippen LogP contribution in [0.4, 0.5) is 0 Å². The lowest BCUT2D eigenvalue weighted by Gasteiger charge is -2.42. The summed E-state index contributed by atoms with van der Waals surface area (Å²) in [5.74, 6) is -13.5. The maximum absolute atomic E-state index is 15.3. The van der Waals surface area contributed by atoms with E-state index in [4.69, 9.17) is 26.7 Å². The molecule has 7 rings (SSSR count). The van der Waals surface area contributed by atoms with Crippen LogP contribution < -0.4 is 70.4 Å². The van der Waals surface area contributed by atoms with Gasteiger partial charge in [-0.15, -0.1) is 5.10 Å². The number of amides is 13. The number of hydrogen-bond acceptors (Lipinski definition) is 22. The van der Waals surface area contributed by atoms with Crippen molar-refractivity contribution in [2.45, 2.75) is 209 Å². The summed E-state index contributed by atoms with van der Waals surface area (Å²) in [4.78, 5) is 188. The van der Waals surface area contributed by atoms with E-state index >= 15 is 19.2 Å². The van der Waals surface area contributed by atoms with Crippen molar-refractivity contribution < 1.29 is 92.2 Å². The Morgan fingerprint density at radius 3 is 1.68 bits per heavy atom. The first-order chi connectivity index (χ1) is 51.4. The highest BCUT2D eigenvalue weighted by Gasteiger charge is 2.46. The third kappa shape index (κ3) is 25.3. The lowest BCUT2D eigenvalue weighted by molar-refractivity contribution is -0.270. The lowest BCUT2D eigenvalue weighted by Crippen LogP contribution is -2.64. The maximum atomic E-state index is 15.3. The zero-order valence-corrected chi connectivity index (χ0v) is 60.9. The molecule has 0 unspecified atom stereocenters. The number of ether oxygens (including phenoxy) is 2. The summed E-state index contributed by atoms with van der Waals surface area (Å²) >= 11 is 0. The number of rotatable bonds is 25. The average Bonchev–Trinajstić information content (AvgIpc) is 1.13. The molecular formula is C72H101N17O19. The van der Waals surface area contributed by atoms with Crippen LogP contribution in [0.5, 0.6) is 5.75 Å². The standard InChI is InChI=1S/C72H101N17O19/c1-38(2)30-48-64(99)84-53(33-42-16-10-7-11-17-42)71(106)89-27-13-19-54(89)69(104)83-49(31-41-14-8-6-9-15-41)65(100)81-51(34-44-36-88(87-86-44)28-29-107-72-59(76-40(5)91)61(96)60(95)55(37-90)108-72)66(101)82-52(35-57(75)94)67(102)77-47(24-25-56(74)93)63(98)80-50(32-43-20-22-45(92)23-21-43)68(103)85-58(39(3)4)70(105)78-46(18-12-26-73)62(97)79-48/h6-11,14-17,20-23,36,38-39,46-55,58-61,72,90,92,95-96H,12-13,18-19,24-35,37,73H2,1-5H3,(H2,74,93)(H2,75,94)(H,76,91)(H,77,102)(H,78,105)(H,79,97)(H,80,98)(H,81,100)(H,82,101)(H,83,104)(H,84,99)(H,85,103)/t46-,47-,48-,49-,50-,51+,52-,53+,54-,55+,58-,59+,60+,61+,72+/m0/s1. The quantitative estimate of drug-likeness (QED) is 0.0296. The molecule has 4 heterocycles. The molecule has 36 heteroatoms. The van der Waals surface area contributed by atoms with Crippen LogP contribution in [0.1, 0.15) is 108 Å². The average molecular weight is 1510 g/mol. The number of nitrogens with zero attached hydrogens (tertiary/aromatic N) is 4. The van der Waals surface area contributed by atoms with E-state index in [2.05, 4.69) is 63.5 Å². The summed E-state index contributed by atoms with van der Waals surface area (Å²) in [5, 5.41) is 76.1. The third-order valence-electron chi connectivity index (χ3n) is 18.4. The number of hydrogen-bond donors (Lipinski definition) is 17. The molecule has 20 N–H and O–H groups in total. The lowest BCUT2D eigenvalue weighted by atomic mass is 9.97. The van der Waals surface area contributed by atoms with Gasteiger partial charge < -0.3 is 105 Å². The predicted molar refractivity (Wildman–Crippen MR) is 384 cm³/mol. The van der Waals surface area contributed by atoms with E-state index < -0.39 is 206 Å². The van der Waals surface area contributed by atoms with Crippen molar-refractivity contribution in [3.8, 4) is 5.75 Å². The molecule has 0 radical (unpaired) electrons. The van der Waals surface area contributed by atoms with Gasteiger partial charge in [-0.05, 0) is 85.7 Å². The number of aliphatic hydroxyl groups is 3. The van der Waals surface area contributed by atoms with Crippen LogP contribution in [0.15, 0.2) is 91.1 Å². The van der Waals surface area contributed by atoms with Crippen LogP contribution in [0.25, 0.3) is 0 Å². The van der Waals surface area contributed by atoms with Crippen molar-refractivity contribution in [2.75, 3.05) is 26.3 Å². The van der Waals surface area contributed by atoms with E-state index in [1.165, 1.54) is 40.0 Å². The third-order valence-corrected chi connectivity index (χ3v) is 18.4. The minimum absolute atomic E-state index is 0.00819. The maximum Gasteiger partial charge on any atom is 0.246 e. The van der Waals surface area contributed by atoms with Crippen LogP contribution in [-0.4, -0.2) is 234 Å². The van der Waals surface area contributed by atoms with Crippen LogP contribution in [-0.2, 0) is 104 Å². The number of benzene rings is 3. The monoisotopic (exact) mass is 1510 g/mol. The van der Waals surface area contributed by atoms with E-state index in [1.54, 1.807) is 88.4 Å². The smallest absolute Gasteiger partial charge is 0.246 e. The van der Waals surface area contributed by atoms with E-state index in [0.29, 0.717) is 16.7 Å². The molecular weight excluding hydrogens is 1410 g/mol. The van der Waals surface area contributed by atoms with Gasteiger partial charge in [-0.2, -0.15) is 0 Å². The van der Waals surface area contributed by atoms with Crippen LogP contribution >= 0.6 is 0 Å². The van der Waals surface area contributed by atoms with Gasteiger partial charge in [-0.1, -0.05) is 106 Å². The van der Waals surface area contributed by atoms with Crippen molar-refractivity contribution in [3.63, 3.8) is 0 Å². The predicted octanol–water partition coefficient (Wildman–Crippen LogP) is -4.84. The summed E-state index contributed by atoms with van der Waals surface area (Å²) < 4.78 is 12.8. The molecule has 3 aromatic carbocycles. The van der Waals surface area contributed by atoms with Gasteiger partial charge in [0.1, 0.15) is 90.5 Å². The first kappa shape index (κ1) is 84.7. The van der Waals surface area contributed by atoms with E-state index in [0.717, 1.165) is 6.92 Å². The number of aromatic nitrogens is 3. The molecule has 1 aromatic heterocycles. The van der Waals surface area contributed by atoms with E-state index in [1.807, 2.05) is 0 Å². The van der Waals surface area contributed by atoms with Crippen molar-refractivity contribution in [1.29, 1.82) is 0 Å².